The summed E-state index contributed by atoms with van der Waals surface area (Å²) in [7, 11) is 3.16. The summed E-state index contributed by atoms with van der Waals surface area (Å²) in [5.74, 6) is 0.613. The van der Waals surface area contributed by atoms with Crippen molar-refractivity contribution in [2.24, 2.45) is 5.92 Å². The predicted octanol–water partition coefficient (Wildman–Crippen LogP) is 4.01. The van der Waals surface area contributed by atoms with Crippen LogP contribution in [0.2, 0.25) is 0 Å². The highest BCUT2D eigenvalue weighted by atomic mass is 32.1. The lowest BCUT2D eigenvalue weighted by atomic mass is 9.98. The minimum Gasteiger partial charge on any atom is -0.497 e. The first-order chi connectivity index (χ1) is 15.4. The van der Waals surface area contributed by atoms with E-state index in [-0.39, 0.29) is 17.7 Å². The molecule has 2 unspecified atom stereocenters. The van der Waals surface area contributed by atoms with Gasteiger partial charge in [-0.2, -0.15) is 0 Å². The summed E-state index contributed by atoms with van der Waals surface area (Å²) in [5.41, 5.74) is 1.29. The molecule has 0 fully saturated rings. The monoisotopic (exact) mass is 454 g/mol. The molecule has 2 N–H and O–H groups in total. The van der Waals surface area contributed by atoms with Crippen LogP contribution >= 0.6 is 11.3 Å². The number of aromatic nitrogens is 2. The topological polar surface area (TPSA) is 102 Å². The Morgan fingerprint density at radius 1 is 1.03 bits per heavy atom. The quantitative estimate of drug-likeness (QED) is 0.507. The van der Waals surface area contributed by atoms with Crippen molar-refractivity contribution < 1.29 is 19.1 Å². The van der Waals surface area contributed by atoms with Crippen molar-refractivity contribution in [2.75, 3.05) is 19.5 Å². The summed E-state index contributed by atoms with van der Waals surface area (Å²) >= 11 is 1.25. The van der Waals surface area contributed by atoms with Crippen LogP contribution in [0.1, 0.15) is 30.6 Å². The summed E-state index contributed by atoms with van der Waals surface area (Å²) < 4.78 is 10.4. The Morgan fingerprint density at radius 2 is 1.75 bits per heavy atom. The van der Waals surface area contributed by atoms with Crippen LogP contribution in [0.15, 0.2) is 48.5 Å². The fraction of sp³-hybridized carbons (Fsp3) is 0.304. The third kappa shape index (κ3) is 5.61. The molecule has 2 atom stereocenters. The first kappa shape index (κ1) is 23.2. The number of carbonyl (C=O) groups is 2. The molecule has 0 bridgehead atoms. The van der Waals surface area contributed by atoms with Crippen molar-refractivity contribution in [2.45, 2.75) is 26.3 Å². The molecule has 8 nitrogen and oxygen atoms in total. The first-order valence-electron chi connectivity index (χ1n) is 10.2. The number of hydrogen-bond donors (Lipinski definition) is 2. The van der Waals surface area contributed by atoms with Crippen LogP contribution in [0, 0.1) is 5.92 Å². The Bertz CT molecular complexity index is 1070. The summed E-state index contributed by atoms with van der Waals surface area (Å²) in [6.45, 7) is 3.89. The molecule has 0 aliphatic carbocycles. The third-order valence-electron chi connectivity index (χ3n) is 5.11. The second-order valence-corrected chi connectivity index (χ2v) is 8.18. The van der Waals surface area contributed by atoms with Crippen molar-refractivity contribution in [3.63, 3.8) is 0 Å². The van der Waals surface area contributed by atoms with E-state index < -0.39 is 6.04 Å². The van der Waals surface area contributed by atoms with Gasteiger partial charge in [0.25, 0.3) is 5.91 Å². The first-order valence-corrected chi connectivity index (χ1v) is 11.0. The van der Waals surface area contributed by atoms with Gasteiger partial charge in [-0.3, -0.25) is 14.9 Å². The number of amides is 2. The van der Waals surface area contributed by atoms with E-state index >= 15 is 0 Å². The maximum Gasteiger partial charge on any atom is 0.251 e. The molecule has 1 heterocycles. The largest absolute Gasteiger partial charge is 0.497 e. The minimum absolute atomic E-state index is 0.0806. The molecule has 168 valence electrons. The maximum absolute atomic E-state index is 13.0. The van der Waals surface area contributed by atoms with E-state index in [0.29, 0.717) is 33.6 Å². The van der Waals surface area contributed by atoms with Gasteiger partial charge in [0, 0.05) is 11.1 Å². The highest BCUT2D eigenvalue weighted by molar-refractivity contribution is 7.18. The van der Waals surface area contributed by atoms with Crippen molar-refractivity contribution in [3.05, 3.63) is 54.1 Å². The van der Waals surface area contributed by atoms with Gasteiger partial charge in [0.05, 0.1) is 14.2 Å². The number of nitrogens with zero attached hydrogens (tertiary/aromatic N) is 2. The zero-order chi connectivity index (χ0) is 23.1. The predicted molar refractivity (Wildman–Crippen MR) is 124 cm³/mol. The van der Waals surface area contributed by atoms with Gasteiger partial charge in [0.15, 0.2) is 0 Å². The number of methoxy groups -OCH3 is 2. The normalized spacial score (nSPS) is 12.5. The Hall–Kier alpha value is -3.46. The van der Waals surface area contributed by atoms with E-state index in [9.17, 15) is 9.59 Å². The van der Waals surface area contributed by atoms with E-state index in [2.05, 4.69) is 20.8 Å². The molecule has 32 heavy (non-hydrogen) atoms. The smallest absolute Gasteiger partial charge is 0.251 e. The second-order valence-electron chi connectivity index (χ2n) is 7.20. The van der Waals surface area contributed by atoms with Crippen LogP contribution in [0.4, 0.5) is 5.13 Å². The summed E-state index contributed by atoms with van der Waals surface area (Å²) in [6.07, 6.45) is 0.714. The highest BCUT2D eigenvalue weighted by Crippen LogP contribution is 2.29. The zero-order valence-corrected chi connectivity index (χ0v) is 19.2. The van der Waals surface area contributed by atoms with Gasteiger partial charge < -0.3 is 14.8 Å². The van der Waals surface area contributed by atoms with Crippen LogP contribution in [0.5, 0.6) is 11.5 Å². The Labute approximate surface area is 191 Å². The molecular formula is C23H26N4O4S. The number of rotatable bonds is 9. The maximum atomic E-state index is 13.0. The number of hydrogen-bond acceptors (Lipinski definition) is 7. The molecule has 2 amide bonds. The van der Waals surface area contributed by atoms with Crippen LogP contribution in [0.25, 0.3) is 10.6 Å². The van der Waals surface area contributed by atoms with Crippen molar-refractivity contribution in [1.29, 1.82) is 0 Å². The average molecular weight is 455 g/mol. The summed E-state index contributed by atoms with van der Waals surface area (Å²) in [6, 6.07) is 13.4. The summed E-state index contributed by atoms with van der Waals surface area (Å²) in [4.78, 5) is 25.7. The lowest BCUT2D eigenvalue weighted by Crippen LogP contribution is -2.47. The molecule has 2 aromatic carbocycles. The third-order valence-corrected chi connectivity index (χ3v) is 5.99. The molecule has 3 rings (SSSR count). The van der Waals surface area contributed by atoms with E-state index in [1.807, 2.05) is 38.1 Å². The van der Waals surface area contributed by atoms with Gasteiger partial charge in [-0.15, -0.1) is 10.2 Å². The Morgan fingerprint density at radius 3 is 2.41 bits per heavy atom. The van der Waals surface area contributed by atoms with E-state index in [4.69, 9.17) is 9.47 Å². The zero-order valence-electron chi connectivity index (χ0n) is 18.4. The molecule has 9 heteroatoms. The number of ether oxygens (including phenoxy) is 2. The molecule has 0 radical (unpaired) electrons. The number of carbonyl (C=O) groups excluding carboxylic acids is 2. The van der Waals surface area contributed by atoms with Gasteiger partial charge in [-0.05, 0) is 42.3 Å². The SMILES string of the molecule is CCC(C)C(NC(=O)c1ccc(OC)cc1)C(=O)Nc1nnc(-c2cccc(OC)c2)s1. The van der Waals surface area contributed by atoms with Crippen LogP contribution in [-0.4, -0.2) is 42.3 Å². The molecule has 1 aromatic heterocycles. The number of benzene rings is 2. The fourth-order valence-corrected chi connectivity index (χ4v) is 3.74. The van der Waals surface area contributed by atoms with Gasteiger partial charge in [-0.1, -0.05) is 43.7 Å². The van der Waals surface area contributed by atoms with Gasteiger partial charge in [0.2, 0.25) is 11.0 Å². The van der Waals surface area contributed by atoms with Crippen molar-refractivity contribution in [3.8, 4) is 22.1 Å². The number of anilines is 1. The summed E-state index contributed by atoms with van der Waals surface area (Å²) in [5, 5.41) is 14.9. The minimum atomic E-state index is -0.723. The van der Waals surface area contributed by atoms with Crippen molar-refractivity contribution in [1.82, 2.24) is 15.5 Å². The van der Waals surface area contributed by atoms with Gasteiger partial charge in [-0.25, -0.2) is 0 Å². The molecule has 0 aliphatic heterocycles. The van der Waals surface area contributed by atoms with Crippen LogP contribution < -0.4 is 20.1 Å². The highest BCUT2D eigenvalue weighted by Gasteiger charge is 2.27. The van der Waals surface area contributed by atoms with Crippen LogP contribution in [-0.2, 0) is 4.79 Å². The molecular weight excluding hydrogens is 428 g/mol. The van der Waals surface area contributed by atoms with E-state index in [0.717, 1.165) is 5.56 Å². The lowest BCUT2D eigenvalue weighted by molar-refractivity contribution is -0.119. The Kier molecular flexibility index (Phi) is 7.77. The van der Waals surface area contributed by atoms with Gasteiger partial charge in [0.1, 0.15) is 22.5 Å². The molecule has 0 spiro atoms. The molecule has 3 aromatic rings. The van der Waals surface area contributed by atoms with E-state index in [1.54, 1.807) is 38.5 Å². The average Bonchev–Trinajstić information content (AvgIpc) is 3.30. The Balaban J connectivity index is 1.72. The fourth-order valence-electron chi connectivity index (χ4n) is 3.00. The molecule has 0 aliphatic rings. The van der Waals surface area contributed by atoms with E-state index in [1.165, 1.54) is 11.3 Å². The lowest BCUT2D eigenvalue weighted by Gasteiger charge is -2.23. The number of nitrogens with one attached hydrogen (secondary N) is 2. The van der Waals surface area contributed by atoms with Crippen LogP contribution in [0.3, 0.4) is 0 Å². The molecule has 0 saturated carbocycles. The standard InChI is InChI=1S/C23H26N4O4S/c1-5-14(2)19(24-20(28)15-9-11-17(30-3)12-10-15)21(29)25-23-27-26-22(32-23)16-7-6-8-18(13-16)31-4/h6-14,19H,5H2,1-4H3,(H,24,28)(H,25,27,29). The van der Waals surface area contributed by atoms with Gasteiger partial charge >= 0.3 is 0 Å². The van der Waals surface area contributed by atoms with Crippen molar-refractivity contribution >= 4 is 28.3 Å². The molecule has 0 saturated heterocycles. The second kappa shape index (κ2) is 10.7.